The minimum Gasteiger partial charge on any atom is -0.484 e. The number of carbonyl (C=O) groups excluding carboxylic acids is 1. The Morgan fingerprint density at radius 2 is 2.24 bits per heavy atom. The summed E-state index contributed by atoms with van der Waals surface area (Å²) in [5.41, 5.74) is 7.07. The Hall–Kier alpha value is -1.55. The molecule has 17 heavy (non-hydrogen) atoms. The molecule has 0 atom stereocenters. The second-order valence-corrected chi connectivity index (χ2v) is 4.97. The third kappa shape index (κ3) is 2.26. The van der Waals surface area contributed by atoms with Crippen LogP contribution < -0.4 is 15.4 Å². The van der Waals surface area contributed by atoms with Gasteiger partial charge in [-0.15, -0.1) is 0 Å². The first-order chi connectivity index (χ1) is 7.93. The third-order valence-electron chi connectivity index (χ3n) is 2.86. The molecule has 1 heterocycles. The third-order valence-corrected chi connectivity index (χ3v) is 2.86. The number of nitrogens with zero attached hydrogens (tertiary/aromatic N) is 1. The summed E-state index contributed by atoms with van der Waals surface area (Å²) in [4.78, 5) is 13.4. The van der Waals surface area contributed by atoms with E-state index in [-0.39, 0.29) is 11.5 Å². The van der Waals surface area contributed by atoms with Gasteiger partial charge < -0.3 is 15.4 Å². The number of nitrogens with two attached hydrogens (primary N) is 1. The van der Waals surface area contributed by atoms with E-state index in [1.165, 1.54) is 0 Å². The molecule has 4 nitrogen and oxygen atoms in total. The van der Waals surface area contributed by atoms with E-state index >= 15 is 0 Å². The smallest absolute Gasteiger partial charge is 0.224 e. The van der Waals surface area contributed by atoms with E-state index in [1.807, 2.05) is 32.0 Å². The van der Waals surface area contributed by atoms with Crippen LogP contribution in [0.25, 0.3) is 0 Å². The molecule has 2 rings (SSSR count). The van der Waals surface area contributed by atoms with Crippen LogP contribution in [-0.4, -0.2) is 18.1 Å². The Labute approximate surface area is 101 Å². The van der Waals surface area contributed by atoms with Gasteiger partial charge in [0.2, 0.25) is 5.91 Å². The molecular formula is C13H18N2O2. The van der Waals surface area contributed by atoms with Crippen molar-refractivity contribution in [2.45, 2.75) is 32.9 Å². The minimum atomic E-state index is -0.369. The fourth-order valence-electron chi connectivity index (χ4n) is 2.07. The average molecular weight is 234 g/mol. The molecule has 92 valence electrons. The highest BCUT2D eigenvalue weighted by molar-refractivity contribution is 5.93. The molecule has 0 fully saturated rings. The van der Waals surface area contributed by atoms with E-state index in [0.717, 1.165) is 17.0 Å². The number of anilines is 1. The average Bonchev–Trinajstić information content (AvgIpc) is 2.25. The fraction of sp³-hybridized carbons (Fsp3) is 0.462. The van der Waals surface area contributed by atoms with Crippen molar-refractivity contribution in [2.24, 2.45) is 5.73 Å². The summed E-state index contributed by atoms with van der Waals surface area (Å²) in [6.45, 7) is 6.55. The SMILES string of the molecule is CC(=O)N1CC(C)(C)Oc2cc(CN)ccc21. The zero-order valence-corrected chi connectivity index (χ0v) is 10.5. The van der Waals surface area contributed by atoms with E-state index in [1.54, 1.807) is 11.8 Å². The van der Waals surface area contributed by atoms with Crippen molar-refractivity contribution in [1.29, 1.82) is 0 Å². The minimum absolute atomic E-state index is 0.0307. The van der Waals surface area contributed by atoms with Crippen LogP contribution in [0, 0.1) is 0 Å². The van der Waals surface area contributed by atoms with E-state index in [9.17, 15) is 4.79 Å². The Morgan fingerprint density at radius 1 is 1.53 bits per heavy atom. The molecule has 0 saturated heterocycles. The Kier molecular flexibility index (Phi) is 2.83. The maximum Gasteiger partial charge on any atom is 0.224 e. The highest BCUT2D eigenvalue weighted by Crippen LogP contribution is 2.37. The lowest BCUT2D eigenvalue weighted by atomic mass is 10.0. The van der Waals surface area contributed by atoms with E-state index in [0.29, 0.717) is 13.1 Å². The highest BCUT2D eigenvalue weighted by atomic mass is 16.5. The standard InChI is InChI=1S/C13H18N2O2/c1-9(16)15-8-13(2,3)17-12-6-10(7-14)4-5-11(12)15/h4-6H,7-8,14H2,1-3H3. The maximum absolute atomic E-state index is 11.6. The number of hydrogen-bond donors (Lipinski definition) is 1. The van der Waals surface area contributed by atoms with Crippen molar-refractivity contribution in [3.8, 4) is 5.75 Å². The molecule has 4 heteroatoms. The van der Waals surface area contributed by atoms with Gasteiger partial charge in [0.1, 0.15) is 11.4 Å². The number of ether oxygens (including phenoxy) is 1. The van der Waals surface area contributed by atoms with Crippen LogP contribution in [0.5, 0.6) is 5.75 Å². The number of rotatable bonds is 1. The van der Waals surface area contributed by atoms with Gasteiger partial charge >= 0.3 is 0 Å². The van der Waals surface area contributed by atoms with Crippen molar-refractivity contribution < 1.29 is 9.53 Å². The molecule has 2 N–H and O–H groups in total. The summed E-state index contributed by atoms with van der Waals surface area (Å²) in [5, 5.41) is 0. The van der Waals surface area contributed by atoms with Crippen LogP contribution in [0.4, 0.5) is 5.69 Å². The molecule has 0 aromatic heterocycles. The van der Waals surface area contributed by atoms with Crippen molar-refractivity contribution >= 4 is 11.6 Å². The molecule has 0 unspecified atom stereocenters. The molecule has 0 aliphatic carbocycles. The highest BCUT2D eigenvalue weighted by Gasteiger charge is 2.33. The van der Waals surface area contributed by atoms with Gasteiger partial charge in [0, 0.05) is 13.5 Å². The zero-order chi connectivity index (χ0) is 12.6. The predicted octanol–water partition coefficient (Wildman–Crippen LogP) is 1.67. The summed E-state index contributed by atoms with van der Waals surface area (Å²) >= 11 is 0. The Morgan fingerprint density at radius 3 is 2.82 bits per heavy atom. The normalized spacial score (nSPS) is 17.3. The number of hydrogen-bond acceptors (Lipinski definition) is 3. The van der Waals surface area contributed by atoms with Gasteiger partial charge in [-0.25, -0.2) is 0 Å². The Balaban J connectivity index is 2.48. The predicted molar refractivity (Wildman–Crippen MR) is 67.1 cm³/mol. The van der Waals surface area contributed by atoms with E-state index in [4.69, 9.17) is 10.5 Å². The van der Waals surface area contributed by atoms with Crippen molar-refractivity contribution in [2.75, 3.05) is 11.4 Å². The topological polar surface area (TPSA) is 55.6 Å². The van der Waals surface area contributed by atoms with Crippen LogP contribution >= 0.6 is 0 Å². The molecule has 0 saturated carbocycles. The Bertz CT molecular complexity index is 455. The summed E-state index contributed by atoms with van der Waals surface area (Å²) in [6, 6.07) is 5.73. The second kappa shape index (κ2) is 4.04. The van der Waals surface area contributed by atoms with Gasteiger partial charge in [0.05, 0.1) is 12.2 Å². The van der Waals surface area contributed by atoms with Gasteiger partial charge in [0.15, 0.2) is 0 Å². The summed E-state index contributed by atoms with van der Waals surface area (Å²) in [7, 11) is 0. The quantitative estimate of drug-likeness (QED) is 0.804. The molecule has 1 aliphatic rings. The van der Waals surface area contributed by atoms with Crippen LogP contribution in [0.15, 0.2) is 18.2 Å². The first-order valence-electron chi connectivity index (χ1n) is 5.73. The molecule has 1 aromatic rings. The van der Waals surface area contributed by atoms with Crippen molar-refractivity contribution in [3.63, 3.8) is 0 Å². The number of carbonyl (C=O) groups is 1. The van der Waals surface area contributed by atoms with Gasteiger partial charge in [-0.05, 0) is 31.5 Å². The van der Waals surface area contributed by atoms with Gasteiger partial charge in [-0.3, -0.25) is 4.79 Å². The number of benzene rings is 1. The molecule has 0 bridgehead atoms. The van der Waals surface area contributed by atoms with E-state index < -0.39 is 0 Å². The molecular weight excluding hydrogens is 216 g/mol. The fourth-order valence-corrected chi connectivity index (χ4v) is 2.07. The second-order valence-electron chi connectivity index (χ2n) is 4.97. The summed E-state index contributed by atoms with van der Waals surface area (Å²) in [5.74, 6) is 0.766. The summed E-state index contributed by atoms with van der Waals surface area (Å²) < 4.78 is 5.89. The maximum atomic E-state index is 11.6. The van der Waals surface area contributed by atoms with Crippen molar-refractivity contribution in [3.05, 3.63) is 23.8 Å². The first-order valence-corrected chi connectivity index (χ1v) is 5.73. The number of amides is 1. The first kappa shape index (κ1) is 11.9. The lowest BCUT2D eigenvalue weighted by Crippen LogP contribution is -2.48. The lowest BCUT2D eigenvalue weighted by Gasteiger charge is -2.39. The lowest BCUT2D eigenvalue weighted by molar-refractivity contribution is -0.117. The molecule has 1 aliphatic heterocycles. The largest absolute Gasteiger partial charge is 0.484 e. The van der Waals surface area contributed by atoms with Crippen LogP contribution in [0.3, 0.4) is 0 Å². The van der Waals surface area contributed by atoms with Crippen LogP contribution in [-0.2, 0) is 11.3 Å². The molecule has 1 amide bonds. The van der Waals surface area contributed by atoms with Crippen LogP contribution in [0.1, 0.15) is 26.3 Å². The summed E-state index contributed by atoms with van der Waals surface area (Å²) in [6.07, 6.45) is 0. The molecule has 0 radical (unpaired) electrons. The van der Waals surface area contributed by atoms with Crippen molar-refractivity contribution in [1.82, 2.24) is 0 Å². The van der Waals surface area contributed by atoms with Gasteiger partial charge in [-0.1, -0.05) is 6.07 Å². The number of fused-ring (bicyclic) bond motifs is 1. The van der Waals surface area contributed by atoms with Gasteiger partial charge in [0.25, 0.3) is 0 Å². The monoisotopic (exact) mass is 234 g/mol. The van der Waals surface area contributed by atoms with Crippen LogP contribution in [0.2, 0.25) is 0 Å². The molecule has 0 spiro atoms. The van der Waals surface area contributed by atoms with Gasteiger partial charge in [-0.2, -0.15) is 0 Å². The molecule has 1 aromatic carbocycles. The van der Waals surface area contributed by atoms with E-state index in [2.05, 4.69) is 0 Å². The zero-order valence-electron chi connectivity index (χ0n) is 10.5.